The first-order valence-electron chi connectivity index (χ1n) is 8.05. The maximum absolute atomic E-state index is 12.2. The van der Waals surface area contributed by atoms with E-state index in [9.17, 15) is 4.79 Å². The van der Waals surface area contributed by atoms with E-state index in [1.54, 1.807) is 13.2 Å². The highest BCUT2D eigenvalue weighted by atomic mass is 16.5. The van der Waals surface area contributed by atoms with Gasteiger partial charge in [0.25, 0.3) is 5.91 Å². The van der Waals surface area contributed by atoms with Gasteiger partial charge in [-0.2, -0.15) is 0 Å². The molecule has 0 aliphatic heterocycles. The number of hydrogen-bond acceptors (Lipinski definition) is 5. The molecular weight excluding hydrogens is 304 g/mol. The summed E-state index contributed by atoms with van der Waals surface area (Å²) in [5.41, 5.74) is 1.50. The lowest BCUT2D eigenvalue weighted by molar-refractivity contribution is 0.0949. The molecule has 6 nitrogen and oxygen atoms in total. The van der Waals surface area contributed by atoms with Crippen molar-refractivity contribution >= 4 is 11.7 Å². The van der Waals surface area contributed by atoms with Gasteiger partial charge in [-0.15, -0.1) is 0 Å². The van der Waals surface area contributed by atoms with Gasteiger partial charge in [0, 0.05) is 19.2 Å². The van der Waals surface area contributed by atoms with Crippen molar-refractivity contribution in [2.45, 2.75) is 20.3 Å². The third-order valence-electron chi connectivity index (χ3n) is 3.45. The van der Waals surface area contributed by atoms with E-state index in [2.05, 4.69) is 34.4 Å². The lowest BCUT2D eigenvalue weighted by Crippen LogP contribution is -2.26. The average Bonchev–Trinajstić information content (AvgIpc) is 2.60. The molecule has 2 aromatic rings. The number of carbonyl (C=O) groups excluding carboxylic acids is 1. The summed E-state index contributed by atoms with van der Waals surface area (Å²) in [4.78, 5) is 20.3. The van der Waals surface area contributed by atoms with Gasteiger partial charge in [-0.25, -0.2) is 9.97 Å². The topological polar surface area (TPSA) is 76.1 Å². The van der Waals surface area contributed by atoms with Crippen molar-refractivity contribution in [2.24, 2.45) is 5.92 Å². The van der Waals surface area contributed by atoms with Gasteiger partial charge in [-0.3, -0.25) is 4.79 Å². The number of amides is 1. The van der Waals surface area contributed by atoms with Crippen LogP contribution in [0.15, 0.2) is 36.7 Å². The van der Waals surface area contributed by atoms with E-state index in [1.807, 2.05) is 24.3 Å². The number of ether oxygens (including phenoxy) is 1. The van der Waals surface area contributed by atoms with Crippen molar-refractivity contribution in [3.8, 4) is 5.75 Å². The van der Waals surface area contributed by atoms with Crippen LogP contribution in [0, 0.1) is 5.92 Å². The van der Waals surface area contributed by atoms with Gasteiger partial charge in [0.05, 0.1) is 7.11 Å². The quantitative estimate of drug-likeness (QED) is 0.779. The van der Waals surface area contributed by atoms with Gasteiger partial charge in [0.1, 0.15) is 23.6 Å². The molecule has 0 aliphatic rings. The first-order valence-corrected chi connectivity index (χ1v) is 8.05. The summed E-state index contributed by atoms with van der Waals surface area (Å²) in [7, 11) is 1.64. The Morgan fingerprint density at radius 3 is 2.62 bits per heavy atom. The van der Waals surface area contributed by atoms with Crippen molar-refractivity contribution in [3.63, 3.8) is 0 Å². The van der Waals surface area contributed by atoms with Gasteiger partial charge < -0.3 is 15.4 Å². The molecule has 128 valence electrons. The van der Waals surface area contributed by atoms with Gasteiger partial charge in [-0.05, 0) is 30.0 Å². The fourth-order valence-corrected chi connectivity index (χ4v) is 2.09. The summed E-state index contributed by atoms with van der Waals surface area (Å²) in [5.74, 6) is 1.80. The van der Waals surface area contributed by atoms with Crippen LogP contribution in [0.5, 0.6) is 5.75 Å². The van der Waals surface area contributed by atoms with E-state index in [4.69, 9.17) is 4.74 Å². The lowest BCUT2D eigenvalue weighted by Gasteiger charge is -2.09. The Kier molecular flexibility index (Phi) is 6.54. The second-order valence-electron chi connectivity index (χ2n) is 5.92. The minimum Gasteiger partial charge on any atom is -0.497 e. The molecule has 0 radical (unpaired) electrons. The molecular formula is C18H24N4O2. The van der Waals surface area contributed by atoms with E-state index in [1.165, 1.54) is 6.33 Å². The largest absolute Gasteiger partial charge is 0.497 e. The highest BCUT2D eigenvalue weighted by Gasteiger charge is 2.08. The molecule has 0 unspecified atom stereocenters. The zero-order valence-electron chi connectivity index (χ0n) is 14.4. The van der Waals surface area contributed by atoms with Crippen molar-refractivity contribution in [1.82, 2.24) is 15.3 Å². The molecule has 0 saturated carbocycles. The van der Waals surface area contributed by atoms with Crippen LogP contribution in [0.3, 0.4) is 0 Å². The predicted molar refractivity (Wildman–Crippen MR) is 94.4 cm³/mol. The third kappa shape index (κ3) is 5.53. The first kappa shape index (κ1) is 17.7. The minimum absolute atomic E-state index is 0.196. The Hall–Kier alpha value is -2.63. The Bertz CT molecular complexity index is 656. The summed E-state index contributed by atoms with van der Waals surface area (Å²) in [6.45, 7) is 5.57. The highest BCUT2D eigenvalue weighted by Crippen LogP contribution is 2.11. The molecule has 0 aliphatic carbocycles. The number of carbonyl (C=O) groups is 1. The van der Waals surface area contributed by atoms with Crippen molar-refractivity contribution in [3.05, 3.63) is 47.9 Å². The molecule has 1 aromatic heterocycles. The predicted octanol–water partition coefficient (Wildman–Crippen LogP) is 2.53. The SMILES string of the molecule is COc1ccc(CCNC(=O)c2cc(NCC(C)C)ncn2)cc1. The van der Waals surface area contributed by atoms with E-state index in [0.717, 1.165) is 24.3 Å². The molecule has 0 bridgehead atoms. The van der Waals surface area contributed by atoms with Gasteiger partial charge in [0.2, 0.25) is 0 Å². The number of hydrogen-bond donors (Lipinski definition) is 2. The zero-order chi connectivity index (χ0) is 17.4. The van der Waals surface area contributed by atoms with Crippen LogP contribution in [0.4, 0.5) is 5.82 Å². The van der Waals surface area contributed by atoms with E-state index in [0.29, 0.717) is 24.0 Å². The number of rotatable bonds is 8. The zero-order valence-corrected chi connectivity index (χ0v) is 14.4. The minimum atomic E-state index is -0.196. The molecule has 0 atom stereocenters. The Labute approximate surface area is 142 Å². The van der Waals surface area contributed by atoms with E-state index in [-0.39, 0.29) is 5.91 Å². The summed E-state index contributed by atoms with van der Waals surface area (Å²) in [5, 5.41) is 6.07. The lowest BCUT2D eigenvalue weighted by atomic mass is 10.1. The summed E-state index contributed by atoms with van der Waals surface area (Å²) in [6, 6.07) is 9.47. The maximum atomic E-state index is 12.2. The number of anilines is 1. The fourth-order valence-electron chi connectivity index (χ4n) is 2.09. The van der Waals surface area contributed by atoms with Crippen LogP contribution in [0.2, 0.25) is 0 Å². The number of nitrogens with one attached hydrogen (secondary N) is 2. The third-order valence-corrected chi connectivity index (χ3v) is 3.45. The number of nitrogens with zero attached hydrogens (tertiary/aromatic N) is 2. The monoisotopic (exact) mass is 328 g/mol. The Morgan fingerprint density at radius 1 is 1.21 bits per heavy atom. The Balaban J connectivity index is 1.84. The summed E-state index contributed by atoms with van der Waals surface area (Å²) >= 11 is 0. The standard InChI is InChI=1S/C18H24N4O2/c1-13(2)11-20-17-10-16(21-12-22-17)18(23)19-9-8-14-4-6-15(24-3)7-5-14/h4-7,10,12-13H,8-9,11H2,1-3H3,(H,19,23)(H,20,21,22). The van der Waals surface area contributed by atoms with Crippen molar-refractivity contribution in [1.29, 1.82) is 0 Å². The molecule has 24 heavy (non-hydrogen) atoms. The number of benzene rings is 1. The molecule has 0 spiro atoms. The molecule has 0 fully saturated rings. The smallest absolute Gasteiger partial charge is 0.270 e. The van der Waals surface area contributed by atoms with Crippen LogP contribution in [0.25, 0.3) is 0 Å². The van der Waals surface area contributed by atoms with Gasteiger partial charge in [-0.1, -0.05) is 26.0 Å². The number of aromatic nitrogens is 2. The summed E-state index contributed by atoms with van der Waals surface area (Å²) in [6.07, 6.45) is 2.15. The fraction of sp³-hybridized carbons (Fsp3) is 0.389. The second kappa shape index (κ2) is 8.86. The molecule has 6 heteroatoms. The van der Waals surface area contributed by atoms with Crippen LogP contribution in [-0.4, -0.2) is 36.1 Å². The average molecular weight is 328 g/mol. The van der Waals surface area contributed by atoms with Crippen LogP contribution >= 0.6 is 0 Å². The van der Waals surface area contributed by atoms with Crippen molar-refractivity contribution in [2.75, 3.05) is 25.5 Å². The summed E-state index contributed by atoms with van der Waals surface area (Å²) < 4.78 is 5.13. The molecule has 2 N–H and O–H groups in total. The Morgan fingerprint density at radius 2 is 1.96 bits per heavy atom. The van der Waals surface area contributed by atoms with E-state index >= 15 is 0 Å². The highest BCUT2D eigenvalue weighted by molar-refractivity contribution is 5.92. The first-order chi connectivity index (χ1) is 11.6. The van der Waals surface area contributed by atoms with E-state index < -0.39 is 0 Å². The molecule has 0 saturated heterocycles. The molecule has 1 aromatic carbocycles. The van der Waals surface area contributed by atoms with Crippen LogP contribution < -0.4 is 15.4 Å². The number of methoxy groups -OCH3 is 1. The molecule has 1 amide bonds. The van der Waals surface area contributed by atoms with Crippen LogP contribution in [-0.2, 0) is 6.42 Å². The van der Waals surface area contributed by atoms with Crippen LogP contribution in [0.1, 0.15) is 29.9 Å². The molecule has 1 heterocycles. The van der Waals surface area contributed by atoms with Gasteiger partial charge >= 0.3 is 0 Å². The molecule has 2 rings (SSSR count). The second-order valence-corrected chi connectivity index (χ2v) is 5.92. The van der Waals surface area contributed by atoms with Crippen molar-refractivity contribution < 1.29 is 9.53 Å². The maximum Gasteiger partial charge on any atom is 0.270 e. The normalized spacial score (nSPS) is 10.5. The van der Waals surface area contributed by atoms with Gasteiger partial charge in [0.15, 0.2) is 0 Å².